The summed E-state index contributed by atoms with van der Waals surface area (Å²) in [6, 6.07) is 6.10. The first-order valence-corrected chi connectivity index (χ1v) is 6.73. The summed E-state index contributed by atoms with van der Waals surface area (Å²) in [5.74, 6) is 0.257. The van der Waals surface area contributed by atoms with E-state index in [0.717, 1.165) is 18.4 Å². The summed E-state index contributed by atoms with van der Waals surface area (Å²) >= 11 is 0. The third kappa shape index (κ3) is 2.78. The van der Waals surface area contributed by atoms with Crippen LogP contribution >= 0.6 is 0 Å². The van der Waals surface area contributed by atoms with Gasteiger partial charge >= 0.3 is 0 Å². The zero-order valence-electron chi connectivity index (χ0n) is 11.4. The van der Waals surface area contributed by atoms with E-state index in [1.165, 1.54) is 12.1 Å². The average molecular weight is 264 g/mol. The highest BCUT2D eigenvalue weighted by Crippen LogP contribution is 2.45. The zero-order chi connectivity index (χ0) is 14.0. The number of nitrogens with one attached hydrogen (secondary N) is 1. The molecule has 0 radical (unpaired) electrons. The van der Waals surface area contributed by atoms with E-state index in [-0.39, 0.29) is 17.8 Å². The van der Waals surface area contributed by atoms with Crippen LogP contribution < -0.4 is 11.1 Å². The van der Waals surface area contributed by atoms with Crippen molar-refractivity contribution in [2.24, 2.45) is 17.1 Å². The second-order valence-electron chi connectivity index (χ2n) is 5.75. The number of benzene rings is 1. The number of hydrogen-bond donors (Lipinski definition) is 2. The smallest absolute Gasteiger partial charge is 0.227 e. The Kier molecular flexibility index (Phi) is 3.90. The van der Waals surface area contributed by atoms with Crippen molar-refractivity contribution in [3.05, 3.63) is 35.6 Å². The van der Waals surface area contributed by atoms with Crippen LogP contribution in [0.2, 0.25) is 0 Å². The molecule has 0 aromatic heterocycles. The molecule has 1 aliphatic carbocycles. The van der Waals surface area contributed by atoms with Crippen molar-refractivity contribution in [1.82, 2.24) is 5.32 Å². The largest absolute Gasteiger partial charge is 0.349 e. The highest BCUT2D eigenvalue weighted by molar-refractivity contribution is 5.84. The molecule has 1 saturated carbocycles. The number of carbonyl (C=O) groups excluding carboxylic acids is 1. The molecule has 3 nitrogen and oxygen atoms in total. The van der Waals surface area contributed by atoms with Crippen LogP contribution in [0.15, 0.2) is 24.3 Å². The number of hydrogen-bond acceptors (Lipinski definition) is 2. The molecule has 0 aliphatic heterocycles. The molecule has 1 aromatic rings. The van der Waals surface area contributed by atoms with Gasteiger partial charge in [0.25, 0.3) is 0 Å². The third-order valence-electron chi connectivity index (χ3n) is 4.05. The van der Waals surface area contributed by atoms with Crippen LogP contribution in [-0.4, -0.2) is 12.5 Å². The summed E-state index contributed by atoms with van der Waals surface area (Å²) in [5, 5.41) is 2.95. The molecule has 1 fully saturated rings. The molecule has 0 saturated heterocycles. The van der Waals surface area contributed by atoms with Gasteiger partial charge in [-0.2, -0.15) is 0 Å². The quantitative estimate of drug-likeness (QED) is 0.877. The van der Waals surface area contributed by atoms with Crippen LogP contribution in [-0.2, 0) is 4.79 Å². The summed E-state index contributed by atoms with van der Waals surface area (Å²) in [5.41, 5.74) is 6.11. The molecule has 1 amide bonds. The lowest BCUT2D eigenvalue weighted by Crippen LogP contribution is -2.53. The van der Waals surface area contributed by atoms with Gasteiger partial charge in [-0.05, 0) is 43.4 Å². The normalized spacial score (nSPS) is 27.5. The Labute approximate surface area is 113 Å². The second-order valence-corrected chi connectivity index (χ2v) is 5.75. The fraction of sp³-hybridized carbons (Fsp3) is 0.533. The van der Waals surface area contributed by atoms with Crippen LogP contribution in [0.4, 0.5) is 4.39 Å². The maximum atomic E-state index is 13.2. The fourth-order valence-electron chi connectivity index (χ4n) is 2.93. The Bertz CT molecular complexity index is 469. The first-order chi connectivity index (χ1) is 8.97. The van der Waals surface area contributed by atoms with Gasteiger partial charge in [0, 0.05) is 6.54 Å². The van der Waals surface area contributed by atoms with Gasteiger partial charge in [-0.1, -0.05) is 19.1 Å². The SMILES string of the molecule is CC1CC(CN)(C(=O)NC(C)c2cccc(F)c2)C1. The monoisotopic (exact) mass is 264 g/mol. The third-order valence-corrected chi connectivity index (χ3v) is 4.05. The molecule has 2 rings (SSSR count). The number of carbonyl (C=O) groups is 1. The predicted molar refractivity (Wildman–Crippen MR) is 72.8 cm³/mol. The minimum absolute atomic E-state index is 0.00939. The minimum Gasteiger partial charge on any atom is -0.349 e. The molecule has 19 heavy (non-hydrogen) atoms. The lowest BCUT2D eigenvalue weighted by Gasteiger charge is -2.44. The molecule has 0 spiro atoms. The number of amides is 1. The number of rotatable bonds is 4. The number of halogens is 1. The molecule has 1 aliphatic rings. The van der Waals surface area contributed by atoms with Crippen molar-refractivity contribution < 1.29 is 9.18 Å². The van der Waals surface area contributed by atoms with E-state index in [1.54, 1.807) is 6.07 Å². The van der Waals surface area contributed by atoms with E-state index in [1.807, 2.05) is 13.0 Å². The highest BCUT2D eigenvalue weighted by atomic mass is 19.1. The van der Waals surface area contributed by atoms with Gasteiger partial charge in [-0.3, -0.25) is 4.79 Å². The van der Waals surface area contributed by atoms with Crippen LogP contribution in [0.25, 0.3) is 0 Å². The van der Waals surface area contributed by atoms with E-state index < -0.39 is 5.41 Å². The second kappa shape index (κ2) is 5.29. The standard InChI is InChI=1S/C15H21FN2O/c1-10-7-15(8-10,9-17)14(19)18-11(2)12-4-3-5-13(16)6-12/h3-6,10-11H,7-9,17H2,1-2H3,(H,18,19). The van der Waals surface area contributed by atoms with Gasteiger partial charge in [0.05, 0.1) is 11.5 Å². The van der Waals surface area contributed by atoms with Gasteiger partial charge in [0.15, 0.2) is 0 Å². The maximum absolute atomic E-state index is 13.2. The minimum atomic E-state index is -0.416. The molecule has 1 atom stereocenters. The Morgan fingerprint density at radius 3 is 2.79 bits per heavy atom. The van der Waals surface area contributed by atoms with Crippen LogP contribution in [0.3, 0.4) is 0 Å². The summed E-state index contributed by atoms with van der Waals surface area (Å²) < 4.78 is 13.2. The summed E-state index contributed by atoms with van der Waals surface area (Å²) in [4.78, 5) is 12.3. The van der Waals surface area contributed by atoms with E-state index in [9.17, 15) is 9.18 Å². The van der Waals surface area contributed by atoms with Crippen molar-refractivity contribution in [3.8, 4) is 0 Å². The molecule has 1 unspecified atom stereocenters. The van der Waals surface area contributed by atoms with E-state index in [0.29, 0.717) is 12.5 Å². The Balaban J connectivity index is 2.03. The first kappa shape index (κ1) is 14.0. The molecular formula is C15H21FN2O. The number of nitrogens with two attached hydrogens (primary N) is 1. The summed E-state index contributed by atoms with van der Waals surface area (Å²) in [6.07, 6.45) is 1.68. The lowest BCUT2D eigenvalue weighted by molar-refractivity contribution is -0.138. The summed E-state index contributed by atoms with van der Waals surface area (Å²) in [7, 11) is 0. The van der Waals surface area contributed by atoms with Crippen molar-refractivity contribution in [1.29, 1.82) is 0 Å². The fourth-order valence-corrected chi connectivity index (χ4v) is 2.93. The Morgan fingerprint density at radius 2 is 2.26 bits per heavy atom. The zero-order valence-corrected chi connectivity index (χ0v) is 11.4. The Morgan fingerprint density at radius 1 is 1.58 bits per heavy atom. The van der Waals surface area contributed by atoms with Crippen molar-refractivity contribution >= 4 is 5.91 Å². The highest BCUT2D eigenvalue weighted by Gasteiger charge is 2.47. The Hall–Kier alpha value is -1.42. The van der Waals surface area contributed by atoms with E-state index >= 15 is 0 Å². The van der Waals surface area contributed by atoms with Crippen LogP contribution in [0.1, 0.15) is 38.3 Å². The molecule has 3 N–H and O–H groups in total. The van der Waals surface area contributed by atoms with E-state index in [4.69, 9.17) is 5.73 Å². The molecule has 0 bridgehead atoms. The molecular weight excluding hydrogens is 243 g/mol. The van der Waals surface area contributed by atoms with Crippen molar-refractivity contribution in [2.75, 3.05) is 6.54 Å². The lowest BCUT2D eigenvalue weighted by atomic mass is 9.62. The van der Waals surface area contributed by atoms with Gasteiger partial charge in [-0.25, -0.2) is 4.39 Å². The van der Waals surface area contributed by atoms with Crippen LogP contribution in [0.5, 0.6) is 0 Å². The van der Waals surface area contributed by atoms with Gasteiger partial charge in [-0.15, -0.1) is 0 Å². The first-order valence-electron chi connectivity index (χ1n) is 6.73. The molecule has 1 aromatic carbocycles. The van der Waals surface area contributed by atoms with Gasteiger partial charge in [0.1, 0.15) is 5.82 Å². The summed E-state index contributed by atoms with van der Waals surface area (Å²) in [6.45, 7) is 4.36. The van der Waals surface area contributed by atoms with Gasteiger partial charge in [0.2, 0.25) is 5.91 Å². The van der Waals surface area contributed by atoms with E-state index in [2.05, 4.69) is 12.2 Å². The van der Waals surface area contributed by atoms with Crippen molar-refractivity contribution in [2.45, 2.75) is 32.7 Å². The van der Waals surface area contributed by atoms with Crippen molar-refractivity contribution in [3.63, 3.8) is 0 Å². The van der Waals surface area contributed by atoms with Gasteiger partial charge < -0.3 is 11.1 Å². The topological polar surface area (TPSA) is 55.1 Å². The molecule has 4 heteroatoms. The average Bonchev–Trinajstić information content (AvgIpc) is 2.34. The molecule has 104 valence electrons. The predicted octanol–water partition coefficient (Wildman–Crippen LogP) is 2.38. The van der Waals surface area contributed by atoms with Crippen LogP contribution in [0, 0.1) is 17.2 Å². The molecule has 0 heterocycles. The maximum Gasteiger partial charge on any atom is 0.227 e.